The zero-order valence-electron chi connectivity index (χ0n) is 11.2. The lowest BCUT2D eigenvalue weighted by Gasteiger charge is -2.25. The number of carbonyl (C=O) groups excluding carboxylic acids is 1. The van der Waals surface area contributed by atoms with E-state index in [1.807, 2.05) is 32.0 Å². The first-order chi connectivity index (χ1) is 9.63. The quantitative estimate of drug-likeness (QED) is 0.923. The molecule has 5 nitrogen and oxygen atoms in total. The minimum atomic E-state index is -0.658. The number of fused-ring (bicyclic) bond motifs is 1. The monoisotopic (exact) mass is 290 g/mol. The molecule has 0 radical (unpaired) electrons. The van der Waals surface area contributed by atoms with Crippen LogP contribution in [0.1, 0.15) is 10.6 Å². The average Bonchev–Trinajstić information content (AvgIpc) is 2.76. The highest BCUT2D eigenvalue weighted by molar-refractivity contribution is 7.15. The number of ether oxygens (including phenoxy) is 2. The van der Waals surface area contributed by atoms with Crippen LogP contribution in [0.2, 0.25) is 0 Å². The second kappa shape index (κ2) is 5.13. The smallest absolute Gasteiger partial charge is 0.270 e. The van der Waals surface area contributed by atoms with Crippen molar-refractivity contribution in [1.29, 1.82) is 0 Å². The van der Waals surface area contributed by atoms with Crippen LogP contribution in [0, 0.1) is 13.8 Å². The van der Waals surface area contributed by atoms with Gasteiger partial charge in [-0.25, -0.2) is 4.98 Å². The van der Waals surface area contributed by atoms with Gasteiger partial charge in [0.15, 0.2) is 16.6 Å². The Morgan fingerprint density at radius 2 is 2.10 bits per heavy atom. The molecule has 0 spiro atoms. The zero-order chi connectivity index (χ0) is 14.1. The van der Waals surface area contributed by atoms with Gasteiger partial charge in [0.25, 0.3) is 5.91 Å². The number of thiazole rings is 1. The molecular weight excluding hydrogens is 276 g/mol. The van der Waals surface area contributed by atoms with Crippen molar-refractivity contribution in [3.63, 3.8) is 0 Å². The summed E-state index contributed by atoms with van der Waals surface area (Å²) in [5, 5.41) is 3.36. The molecule has 0 bridgehead atoms. The molecule has 20 heavy (non-hydrogen) atoms. The van der Waals surface area contributed by atoms with E-state index in [0.29, 0.717) is 16.6 Å². The molecule has 0 saturated carbocycles. The molecule has 0 aliphatic carbocycles. The van der Waals surface area contributed by atoms with Crippen LogP contribution in [0.4, 0.5) is 5.13 Å². The zero-order valence-corrected chi connectivity index (χ0v) is 12.0. The van der Waals surface area contributed by atoms with Crippen molar-refractivity contribution >= 4 is 22.4 Å². The van der Waals surface area contributed by atoms with Crippen molar-refractivity contribution in [3.8, 4) is 11.5 Å². The van der Waals surface area contributed by atoms with Gasteiger partial charge in [0.05, 0.1) is 5.69 Å². The molecule has 1 unspecified atom stereocenters. The number of benzene rings is 1. The molecule has 2 heterocycles. The van der Waals surface area contributed by atoms with E-state index >= 15 is 0 Å². The van der Waals surface area contributed by atoms with Crippen molar-refractivity contribution in [2.75, 3.05) is 11.9 Å². The Morgan fingerprint density at radius 1 is 1.35 bits per heavy atom. The topological polar surface area (TPSA) is 60.5 Å². The molecule has 1 aromatic heterocycles. The van der Waals surface area contributed by atoms with Crippen LogP contribution in [-0.4, -0.2) is 23.6 Å². The van der Waals surface area contributed by atoms with Gasteiger partial charge in [0.1, 0.15) is 6.61 Å². The summed E-state index contributed by atoms with van der Waals surface area (Å²) in [7, 11) is 0. The van der Waals surface area contributed by atoms with Gasteiger partial charge in [-0.2, -0.15) is 0 Å². The minimum Gasteiger partial charge on any atom is -0.485 e. The maximum absolute atomic E-state index is 12.1. The average molecular weight is 290 g/mol. The predicted octanol–water partition coefficient (Wildman–Crippen LogP) is 2.54. The van der Waals surface area contributed by atoms with E-state index in [2.05, 4.69) is 10.3 Å². The lowest BCUT2D eigenvalue weighted by atomic mass is 10.2. The van der Waals surface area contributed by atoms with Gasteiger partial charge in [0, 0.05) is 4.88 Å². The number of nitrogens with one attached hydrogen (secondary N) is 1. The molecule has 1 aliphatic rings. The molecule has 2 aromatic rings. The summed E-state index contributed by atoms with van der Waals surface area (Å²) in [6.45, 7) is 4.09. The Labute approximate surface area is 120 Å². The van der Waals surface area contributed by atoms with Crippen molar-refractivity contribution < 1.29 is 14.3 Å². The molecule has 1 amide bonds. The molecule has 1 N–H and O–H groups in total. The van der Waals surface area contributed by atoms with E-state index in [4.69, 9.17) is 9.47 Å². The molecule has 0 fully saturated rings. The molecule has 104 valence electrons. The molecule has 1 aromatic carbocycles. The second-order valence-electron chi connectivity index (χ2n) is 4.51. The predicted molar refractivity (Wildman–Crippen MR) is 76.6 cm³/mol. The molecule has 1 atom stereocenters. The summed E-state index contributed by atoms with van der Waals surface area (Å²) in [6.07, 6.45) is -0.658. The Bertz CT molecular complexity index is 634. The summed E-state index contributed by atoms with van der Waals surface area (Å²) < 4.78 is 11.2. The van der Waals surface area contributed by atoms with E-state index in [9.17, 15) is 4.79 Å². The first-order valence-electron chi connectivity index (χ1n) is 6.27. The summed E-state index contributed by atoms with van der Waals surface area (Å²) in [6, 6.07) is 7.31. The van der Waals surface area contributed by atoms with Crippen LogP contribution < -0.4 is 14.8 Å². The van der Waals surface area contributed by atoms with Gasteiger partial charge in [-0.3, -0.25) is 10.1 Å². The van der Waals surface area contributed by atoms with Gasteiger partial charge < -0.3 is 9.47 Å². The highest BCUT2D eigenvalue weighted by Crippen LogP contribution is 2.31. The standard InChI is InChI=1S/C14H14N2O3S/c1-8-9(2)20-14(15-8)16-13(17)12-7-18-10-5-3-4-6-11(10)19-12/h3-6,12H,7H2,1-2H3,(H,15,16,17). The van der Waals surface area contributed by atoms with E-state index in [1.165, 1.54) is 11.3 Å². The summed E-state index contributed by atoms with van der Waals surface area (Å²) in [4.78, 5) is 17.5. The van der Waals surface area contributed by atoms with Crippen molar-refractivity contribution in [2.24, 2.45) is 0 Å². The highest BCUT2D eigenvalue weighted by Gasteiger charge is 2.27. The highest BCUT2D eigenvalue weighted by atomic mass is 32.1. The fourth-order valence-electron chi connectivity index (χ4n) is 1.86. The normalized spacial score (nSPS) is 16.8. The molecule has 3 rings (SSSR count). The summed E-state index contributed by atoms with van der Waals surface area (Å²) >= 11 is 1.45. The van der Waals surface area contributed by atoms with Crippen LogP contribution in [-0.2, 0) is 4.79 Å². The van der Waals surface area contributed by atoms with Crippen LogP contribution in [0.25, 0.3) is 0 Å². The van der Waals surface area contributed by atoms with Gasteiger partial charge in [-0.15, -0.1) is 11.3 Å². The fraction of sp³-hybridized carbons (Fsp3) is 0.286. The maximum Gasteiger partial charge on any atom is 0.270 e. The lowest BCUT2D eigenvalue weighted by Crippen LogP contribution is -2.40. The Kier molecular flexibility index (Phi) is 3.31. The van der Waals surface area contributed by atoms with E-state index in [0.717, 1.165) is 10.6 Å². The van der Waals surface area contributed by atoms with Crippen molar-refractivity contribution in [1.82, 2.24) is 4.98 Å². The minimum absolute atomic E-state index is 0.201. The summed E-state index contributed by atoms with van der Waals surface area (Å²) in [5.41, 5.74) is 0.927. The van der Waals surface area contributed by atoms with Gasteiger partial charge >= 0.3 is 0 Å². The number of aromatic nitrogens is 1. The molecule has 6 heteroatoms. The number of aryl methyl sites for hydroxylation is 2. The molecule has 1 aliphatic heterocycles. The Hall–Kier alpha value is -2.08. The largest absolute Gasteiger partial charge is 0.485 e. The van der Waals surface area contributed by atoms with Crippen LogP contribution in [0.15, 0.2) is 24.3 Å². The maximum atomic E-state index is 12.1. The third-order valence-corrected chi connectivity index (χ3v) is 4.05. The van der Waals surface area contributed by atoms with Crippen molar-refractivity contribution in [3.05, 3.63) is 34.8 Å². The number of hydrogen-bond donors (Lipinski definition) is 1. The van der Waals surface area contributed by atoms with E-state index < -0.39 is 6.10 Å². The van der Waals surface area contributed by atoms with E-state index in [-0.39, 0.29) is 12.5 Å². The summed E-state index contributed by atoms with van der Waals surface area (Å²) in [5.74, 6) is 1.01. The van der Waals surface area contributed by atoms with Gasteiger partial charge in [0.2, 0.25) is 6.10 Å². The van der Waals surface area contributed by atoms with Gasteiger partial charge in [-0.1, -0.05) is 12.1 Å². The Balaban J connectivity index is 1.70. The first-order valence-corrected chi connectivity index (χ1v) is 7.08. The lowest BCUT2D eigenvalue weighted by molar-refractivity contribution is -0.125. The number of para-hydroxylation sites is 2. The Morgan fingerprint density at radius 3 is 2.80 bits per heavy atom. The molecular formula is C14H14N2O3S. The van der Waals surface area contributed by atoms with Crippen LogP contribution in [0.5, 0.6) is 11.5 Å². The number of nitrogens with zero attached hydrogens (tertiary/aromatic N) is 1. The molecule has 0 saturated heterocycles. The number of carbonyl (C=O) groups is 1. The second-order valence-corrected chi connectivity index (χ2v) is 5.72. The third-order valence-electron chi connectivity index (χ3n) is 3.06. The third kappa shape index (κ3) is 2.46. The number of anilines is 1. The van der Waals surface area contributed by atoms with Crippen LogP contribution in [0.3, 0.4) is 0 Å². The van der Waals surface area contributed by atoms with E-state index in [1.54, 1.807) is 6.07 Å². The number of hydrogen-bond acceptors (Lipinski definition) is 5. The SMILES string of the molecule is Cc1nc(NC(=O)C2COc3ccccc3O2)sc1C. The number of rotatable bonds is 2. The van der Waals surface area contributed by atoms with Crippen molar-refractivity contribution in [2.45, 2.75) is 20.0 Å². The van der Waals surface area contributed by atoms with Gasteiger partial charge in [-0.05, 0) is 26.0 Å². The fourth-order valence-corrected chi connectivity index (χ4v) is 2.68. The van der Waals surface area contributed by atoms with Crippen LogP contribution >= 0.6 is 11.3 Å². The number of amides is 1. The first kappa shape index (κ1) is 12.9.